The molecule has 2 aliphatic rings. The van der Waals surface area contributed by atoms with Gasteiger partial charge in [0.2, 0.25) is 0 Å². The average molecular weight is 569 g/mol. The molecule has 1 saturated carbocycles. The lowest BCUT2D eigenvalue weighted by atomic mass is 9.82. The van der Waals surface area contributed by atoms with Crippen molar-refractivity contribution in [2.45, 2.75) is 44.2 Å². The van der Waals surface area contributed by atoms with Crippen LogP contribution in [0.4, 0.5) is 4.39 Å². The van der Waals surface area contributed by atoms with Crippen LogP contribution in [0.2, 0.25) is 0 Å². The van der Waals surface area contributed by atoms with Crippen LogP contribution in [-0.4, -0.2) is 88.8 Å². The number of hydrogen-bond acceptors (Lipinski definition) is 9. The van der Waals surface area contributed by atoms with E-state index in [1.165, 1.54) is 16.7 Å². The molecule has 0 unspecified atom stereocenters. The molecule has 1 saturated heterocycles. The Bertz CT molecular complexity index is 1420. The number of fused-ring (bicyclic) bond motifs is 1. The number of carbonyl (C=O) groups excluding carboxylic acids is 1. The zero-order valence-electron chi connectivity index (χ0n) is 23.1. The van der Waals surface area contributed by atoms with Crippen molar-refractivity contribution in [2.75, 3.05) is 52.6 Å². The summed E-state index contributed by atoms with van der Waals surface area (Å²) < 4.78 is 25.8. The van der Waals surface area contributed by atoms with Gasteiger partial charge in [-0.15, -0.1) is 0 Å². The number of nitrogens with zero attached hydrogens (tertiary/aromatic N) is 3. The summed E-state index contributed by atoms with van der Waals surface area (Å²) in [6.45, 7) is 3.73. The van der Waals surface area contributed by atoms with Crippen molar-refractivity contribution in [3.8, 4) is 16.9 Å². The number of aliphatic hydroxyl groups is 1. The highest BCUT2D eigenvalue weighted by molar-refractivity contribution is 5.99. The van der Waals surface area contributed by atoms with Crippen molar-refractivity contribution in [1.29, 1.82) is 0 Å². The van der Waals surface area contributed by atoms with Crippen LogP contribution in [0.1, 0.15) is 42.5 Å². The number of aliphatic hydroxyl groups excluding tert-OH is 1. The highest BCUT2D eigenvalue weighted by Gasteiger charge is 2.31. The van der Waals surface area contributed by atoms with Crippen LogP contribution in [0.5, 0.6) is 5.75 Å². The molecule has 41 heavy (non-hydrogen) atoms. The zero-order valence-corrected chi connectivity index (χ0v) is 23.1. The molecular weight excluding hydrogens is 531 g/mol. The Labute approximate surface area is 237 Å². The summed E-state index contributed by atoms with van der Waals surface area (Å²) in [4.78, 5) is 33.5. The highest BCUT2D eigenvalue weighted by Crippen LogP contribution is 2.31. The minimum atomic E-state index is -0.926. The van der Waals surface area contributed by atoms with Crippen LogP contribution in [0.25, 0.3) is 22.2 Å². The van der Waals surface area contributed by atoms with E-state index in [-0.39, 0.29) is 42.1 Å². The number of aromatic hydroxyl groups is 1. The van der Waals surface area contributed by atoms with Gasteiger partial charge in [-0.2, -0.15) is 0 Å². The first-order chi connectivity index (χ1) is 19.9. The Balaban J connectivity index is 1.42. The fraction of sp³-hybridized carbons (Fsp3) is 0.500. The Morgan fingerprint density at radius 2 is 1.83 bits per heavy atom. The van der Waals surface area contributed by atoms with Gasteiger partial charge in [0.1, 0.15) is 23.8 Å². The number of morpholine rings is 1. The summed E-state index contributed by atoms with van der Waals surface area (Å²) >= 11 is 0. The van der Waals surface area contributed by atoms with E-state index >= 15 is 0 Å². The first kappa shape index (κ1) is 29.1. The minimum absolute atomic E-state index is 0.00362. The summed E-state index contributed by atoms with van der Waals surface area (Å²) in [5.74, 6) is -1.80. The fourth-order valence-electron chi connectivity index (χ4n) is 5.72. The number of halogens is 1. The summed E-state index contributed by atoms with van der Waals surface area (Å²) in [6, 6.07) is 7.48. The molecule has 1 aliphatic heterocycles. The van der Waals surface area contributed by atoms with E-state index in [1.807, 2.05) is 0 Å². The van der Waals surface area contributed by atoms with E-state index < -0.39 is 22.8 Å². The molecule has 2 aromatic heterocycles. The molecule has 0 bridgehead atoms. The summed E-state index contributed by atoms with van der Waals surface area (Å²) in [7, 11) is 0. The zero-order chi connectivity index (χ0) is 28.8. The third-order valence-electron chi connectivity index (χ3n) is 8.15. The highest BCUT2D eigenvalue weighted by atomic mass is 19.1. The third kappa shape index (κ3) is 6.59. The van der Waals surface area contributed by atoms with E-state index in [9.17, 15) is 24.2 Å². The van der Waals surface area contributed by atoms with Crippen LogP contribution < -0.4 is 10.9 Å². The van der Waals surface area contributed by atoms with E-state index in [0.29, 0.717) is 37.4 Å². The Morgan fingerprint density at radius 1 is 1.10 bits per heavy atom. The number of hydrogen-bond donors (Lipinski definition) is 3. The number of esters is 1. The van der Waals surface area contributed by atoms with Gasteiger partial charge in [0, 0.05) is 50.0 Å². The van der Waals surface area contributed by atoms with Crippen molar-refractivity contribution < 1.29 is 28.9 Å². The van der Waals surface area contributed by atoms with Crippen molar-refractivity contribution in [3.63, 3.8) is 0 Å². The first-order valence-electron chi connectivity index (χ1n) is 14.3. The predicted molar refractivity (Wildman–Crippen MR) is 152 cm³/mol. The summed E-state index contributed by atoms with van der Waals surface area (Å²) in [5, 5.41) is 24.7. The minimum Gasteiger partial charge on any atom is -0.506 e. The molecule has 3 N–H and O–H groups in total. The molecule has 0 radical (unpaired) electrons. The number of rotatable bonds is 10. The van der Waals surface area contributed by atoms with Crippen molar-refractivity contribution in [1.82, 2.24) is 19.8 Å². The molecule has 11 heteroatoms. The number of ether oxygens (including phenoxy) is 2. The molecule has 3 heterocycles. The number of pyridine rings is 2. The molecule has 0 spiro atoms. The molecule has 1 aliphatic carbocycles. The van der Waals surface area contributed by atoms with Crippen molar-refractivity contribution in [3.05, 3.63) is 58.3 Å². The lowest BCUT2D eigenvalue weighted by Crippen LogP contribution is -2.51. The number of carbonyl (C=O) groups is 1. The van der Waals surface area contributed by atoms with Gasteiger partial charge in [0.05, 0.1) is 25.2 Å². The maximum absolute atomic E-state index is 13.6. The quantitative estimate of drug-likeness (QED) is 0.250. The van der Waals surface area contributed by atoms with E-state index in [0.717, 1.165) is 45.2 Å². The average Bonchev–Trinajstić information content (AvgIpc) is 3.00. The Kier molecular flexibility index (Phi) is 9.29. The molecule has 0 atom stereocenters. The topological polar surface area (TPSA) is 126 Å². The van der Waals surface area contributed by atoms with Crippen LogP contribution in [0.15, 0.2) is 41.3 Å². The normalized spacial score (nSPS) is 17.5. The van der Waals surface area contributed by atoms with Crippen LogP contribution >= 0.6 is 0 Å². The molecule has 1 aromatic carbocycles. The molecule has 2 fully saturated rings. The standard InChI is InChI=1S/C30H37FN4O6/c31-23-6-4-21(5-7-23)22-18-24-26(37)25(29(39)41-15-10-33-30(20-36)8-2-1-3-9-30)28(38)35(27(24)32-19-22)12-11-34-13-16-40-17-14-34/h4-7,18-19,33,36-37H,1-3,8-17,20H2. The molecular formula is C30H37FN4O6. The van der Waals surface area contributed by atoms with Crippen LogP contribution in [-0.2, 0) is 16.0 Å². The van der Waals surface area contributed by atoms with Crippen molar-refractivity contribution >= 4 is 17.0 Å². The van der Waals surface area contributed by atoms with E-state index in [4.69, 9.17) is 9.47 Å². The predicted octanol–water partition coefficient (Wildman–Crippen LogP) is 2.68. The number of aromatic nitrogens is 2. The molecule has 5 rings (SSSR count). The van der Waals surface area contributed by atoms with Gasteiger partial charge < -0.3 is 25.0 Å². The fourth-order valence-corrected chi connectivity index (χ4v) is 5.72. The maximum Gasteiger partial charge on any atom is 0.347 e. The van der Waals surface area contributed by atoms with Gasteiger partial charge in [-0.05, 0) is 36.6 Å². The maximum atomic E-state index is 13.6. The Morgan fingerprint density at radius 3 is 2.54 bits per heavy atom. The summed E-state index contributed by atoms with van der Waals surface area (Å²) in [6.07, 6.45) is 6.44. The smallest absolute Gasteiger partial charge is 0.347 e. The molecule has 0 amide bonds. The third-order valence-corrected chi connectivity index (χ3v) is 8.15. The monoisotopic (exact) mass is 568 g/mol. The van der Waals surface area contributed by atoms with E-state index in [2.05, 4.69) is 15.2 Å². The largest absolute Gasteiger partial charge is 0.506 e. The van der Waals surface area contributed by atoms with Gasteiger partial charge in [-0.25, -0.2) is 14.2 Å². The van der Waals surface area contributed by atoms with E-state index in [1.54, 1.807) is 24.4 Å². The second kappa shape index (κ2) is 13.1. The second-order valence-corrected chi connectivity index (χ2v) is 10.8. The molecule has 10 nitrogen and oxygen atoms in total. The van der Waals surface area contributed by atoms with Crippen LogP contribution in [0, 0.1) is 5.82 Å². The summed E-state index contributed by atoms with van der Waals surface area (Å²) in [5.41, 5.74) is -0.00961. The lowest BCUT2D eigenvalue weighted by Gasteiger charge is -2.36. The molecule has 3 aromatic rings. The first-order valence-corrected chi connectivity index (χ1v) is 14.3. The lowest BCUT2D eigenvalue weighted by molar-refractivity contribution is 0.0363. The van der Waals surface area contributed by atoms with Gasteiger partial charge in [-0.3, -0.25) is 14.3 Å². The van der Waals surface area contributed by atoms with Gasteiger partial charge >= 0.3 is 5.97 Å². The van der Waals surface area contributed by atoms with Gasteiger partial charge in [0.15, 0.2) is 5.56 Å². The SMILES string of the molecule is O=C(OCCNC1(CO)CCCCC1)c1c(O)c2cc(-c3ccc(F)cc3)cnc2n(CCN2CCOCC2)c1=O. The molecule has 220 valence electrons. The van der Waals surface area contributed by atoms with Crippen LogP contribution in [0.3, 0.4) is 0 Å². The Hall–Kier alpha value is -3.38. The number of benzene rings is 1. The van der Waals surface area contributed by atoms with Gasteiger partial charge in [0.25, 0.3) is 5.56 Å². The van der Waals surface area contributed by atoms with Gasteiger partial charge in [-0.1, -0.05) is 31.4 Å². The van der Waals surface area contributed by atoms with Crippen molar-refractivity contribution in [2.24, 2.45) is 0 Å². The number of nitrogens with one attached hydrogen (secondary N) is 1. The second-order valence-electron chi connectivity index (χ2n) is 10.8.